The minimum atomic E-state index is 0.260. The highest BCUT2D eigenvalue weighted by atomic mass is 32.2. The number of hydrogen-bond donors (Lipinski definition) is 0. The fourth-order valence-electron chi connectivity index (χ4n) is 4.87. The molecule has 0 radical (unpaired) electrons. The Morgan fingerprint density at radius 1 is 1.06 bits per heavy atom. The van der Waals surface area contributed by atoms with E-state index < -0.39 is 0 Å². The zero-order chi connectivity index (χ0) is 23.0. The molecule has 0 bridgehead atoms. The van der Waals surface area contributed by atoms with Crippen LogP contribution >= 0.6 is 23.1 Å². The van der Waals surface area contributed by atoms with Gasteiger partial charge in [0, 0.05) is 23.6 Å². The van der Waals surface area contributed by atoms with Crippen molar-refractivity contribution in [1.29, 1.82) is 0 Å². The van der Waals surface area contributed by atoms with E-state index in [4.69, 9.17) is 0 Å². The number of para-hydroxylation sites is 2. The van der Waals surface area contributed by atoms with E-state index in [9.17, 15) is 0 Å². The molecule has 2 aliphatic rings. The molecule has 5 rings (SSSR count). The number of fused-ring (bicyclic) bond motifs is 2. The predicted molar refractivity (Wildman–Crippen MR) is 145 cm³/mol. The molecule has 0 amide bonds. The van der Waals surface area contributed by atoms with Crippen molar-refractivity contribution in [3.63, 3.8) is 0 Å². The summed E-state index contributed by atoms with van der Waals surface area (Å²) < 4.78 is 3.61. The summed E-state index contributed by atoms with van der Waals surface area (Å²) >= 11 is 3.74. The van der Waals surface area contributed by atoms with Crippen LogP contribution in [0.1, 0.15) is 38.6 Å². The van der Waals surface area contributed by atoms with Gasteiger partial charge in [-0.15, -0.1) is 0 Å². The van der Waals surface area contributed by atoms with Crippen LogP contribution in [0.5, 0.6) is 0 Å². The van der Waals surface area contributed by atoms with Gasteiger partial charge in [0.1, 0.15) is 11.7 Å². The van der Waals surface area contributed by atoms with Crippen LogP contribution in [0.3, 0.4) is 0 Å². The third kappa shape index (κ3) is 4.60. The molecular formula is C29H31N2S2+. The van der Waals surface area contributed by atoms with Gasteiger partial charge in [-0.3, -0.25) is 0 Å². The second-order valence-corrected chi connectivity index (χ2v) is 11.7. The third-order valence-electron chi connectivity index (χ3n) is 6.32. The number of thiazole rings is 1. The van der Waals surface area contributed by atoms with E-state index in [2.05, 4.69) is 116 Å². The molecule has 2 aromatic carbocycles. The van der Waals surface area contributed by atoms with E-state index in [0.717, 1.165) is 19.4 Å². The highest BCUT2D eigenvalue weighted by Crippen LogP contribution is 2.47. The monoisotopic (exact) mass is 471 g/mol. The lowest BCUT2D eigenvalue weighted by molar-refractivity contribution is -0.642. The van der Waals surface area contributed by atoms with Crippen LogP contribution < -0.4 is 9.47 Å². The molecule has 3 aromatic rings. The minimum Gasteiger partial charge on any atom is -0.335 e. The number of nitrogens with zero attached hydrogens (tertiary/aromatic N) is 2. The van der Waals surface area contributed by atoms with Gasteiger partial charge in [0.05, 0.1) is 10.7 Å². The molecule has 0 saturated heterocycles. The summed E-state index contributed by atoms with van der Waals surface area (Å²) in [6, 6.07) is 17.3. The molecular weight excluding hydrogens is 440 g/mol. The van der Waals surface area contributed by atoms with Gasteiger partial charge in [-0.1, -0.05) is 79.4 Å². The Morgan fingerprint density at radius 3 is 2.67 bits per heavy atom. The first-order valence-corrected chi connectivity index (χ1v) is 13.3. The summed E-state index contributed by atoms with van der Waals surface area (Å²) in [5.41, 5.74) is 5.71. The van der Waals surface area contributed by atoms with Crippen LogP contribution in [-0.2, 0) is 7.05 Å². The average Bonchev–Trinajstić information content (AvgIpc) is 3.29. The van der Waals surface area contributed by atoms with Crippen molar-refractivity contribution < 1.29 is 4.57 Å². The smallest absolute Gasteiger partial charge is 0.262 e. The molecule has 33 heavy (non-hydrogen) atoms. The average molecular weight is 472 g/mol. The molecule has 1 aliphatic carbocycles. The highest BCUT2D eigenvalue weighted by Gasteiger charge is 2.27. The fraction of sp³-hybridized carbons (Fsp3) is 0.276. The third-order valence-corrected chi connectivity index (χ3v) is 8.62. The number of aryl methyl sites for hydroxylation is 1. The zero-order valence-corrected chi connectivity index (χ0v) is 21.5. The Morgan fingerprint density at radius 2 is 1.85 bits per heavy atom. The first-order valence-electron chi connectivity index (χ1n) is 11.6. The topological polar surface area (TPSA) is 7.12 Å². The standard InChI is InChI=1S/C29H31N2S2/c1-5-31-24-13-7-9-15-26(24)33-28(31)18-22-17-21(19-29(2,3)20-22)11-10-16-27-30(4)23-12-6-8-14-25(23)32-27/h6-18H,5,19-20H2,1-4H3/q+1. The van der Waals surface area contributed by atoms with E-state index in [0.29, 0.717) is 0 Å². The molecule has 1 aliphatic heterocycles. The summed E-state index contributed by atoms with van der Waals surface area (Å²) in [5, 5.41) is 2.61. The molecule has 2 nitrogen and oxygen atoms in total. The number of allylic oxidation sites excluding steroid dienone is 6. The number of anilines is 1. The minimum absolute atomic E-state index is 0.260. The van der Waals surface area contributed by atoms with Crippen LogP contribution in [0, 0.1) is 5.41 Å². The maximum atomic E-state index is 2.44. The molecule has 2 heterocycles. The van der Waals surface area contributed by atoms with Crippen LogP contribution in [0.2, 0.25) is 0 Å². The van der Waals surface area contributed by atoms with Crippen LogP contribution in [-0.4, -0.2) is 6.54 Å². The lowest BCUT2D eigenvalue weighted by Crippen LogP contribution is -2.28. The zero-order valence-electron chi connectivity index (χ0n) is 19.8. The van der Waals surface area contributed by atoms with Gasteiger partial charge in [-0.05, 0) is 60.6 Å². The van der Waals surface area contributed by atoms with E-state index >= 15 is 0 Å². The van der Waals surface area contributed by atoms with Gasteiger partial charge in [0.2, 0.25) is 5.52 Å². The highest BCUT2D eigenvalue weighted by molar-refractivity contribution is 8.03. The van der Waals surface area contributed by atoms with Crippen molar-refractivity contribution in [3.8, 4) is 0 Å². The van der Waals surface area contributed by atoms with E-state index in [1.807, 2.05) is 23.1 Å². The van der Waals surface area contributed by atoms with Gasteiger partial charge in [-0.2, -0.15) is 4.57 Å². The SMILES string of the molecule is CCN1C(=CC2=CC(=CC=Cc3sc4ccccc4[n+]3C)CC(C)(C)C2)Sc2ccccc21. The van der Waals surface area contributed by atoms with Crippen molar-refractivity contribution in [1.82, 2.24) is 0 Å². The normalized spacial score (nSPS) is 20.2. The molecule has 0 fully saturated rings. The van der Waals surface area contributed by atoms with Crippen molar-refractivity contribution in [3.05, 3.63) is 94.0 Å². The molecule has 4 heteroatoms. The maximum absolute atomic E-state index is 2.44. The molecule has 0 spiro atoms. The van der Waals surface area contributed by atoms with Gasteiger partial charge in [-0.25, -0.2) is 0 Å². The number of hydrogen-bond acceptors (Lipinski definition) is 3. The first kappa shape index (κ1) is 22.2. The van der Waals surface area contributed by atoms with E-state index in [1.165, 1.54) is 42.0 Å². The number of thioether (sulfide) groups is 1. The summed E-state index contributed by atoms with van der Waals surface area (Å²) in [6.45, 7) is 8.00. The van der Waals surface area contributed by atoms with Crippen molar-refractivity contribution in [2.24, 2.45) is 12.5 Å². The van der Waals surface area contributed by atoms with E-state index in [-0.39, 0.29) is 5.41 Å². The van der Waals surface area contributed by atoms with Crippen molar-refractivity contribution in [2.75, 3.05) is 11.4 Å². The molecule has 0 saturated carbocycles. The summed E-state index contributed by atoms with van der Waals surface area (Å²) in [4.78, 5) is 3.80. The second kappa shape index (κ2) is 9.00. The lowest BCUT2D eigenvalue weighted by Gasteiger charge is -2.31. The Kier molecular flexibility index (Phi) is 6.07. The molecule has 0 N–H and O–H groups in total. The number of benzene rings is 2. The second-order valence-electron chi connectivity index (χ2n) is 9.60. The van der Waals surface area contributed by atoms with E-state index in [1.54, 1.807) is 0 Å². The fourth-order valence-corrected chi connectivity index (χ4v) is 7.14. The van der Waals surface area contributed by atoms with Gasteiger partial charge >= 0.3 is 0 Å². The Labute approximate surface area is 205 Å². The van der Waals surface area contributed by atoms with Gasteiger partial charge < -0.3 is 4.90 Å². The molecule has 1 aromatic heterocycles. The molecule has 0 unspecified atom stereocenters. The largest absolute Gasteiger partial charge is 0.335 e. The molecule has 0 atom stereocenters. The Balaban J connectivity index is 1.42. The van der Waals surface area contributed by atoms with Crippen LogP contribution in [0.4, 0.5) is 5.69 Å². The molecule has 168 valence electrons. The van der Waals surface area contributed by atoms with Gasteiger partial charge in [0.25, 0.3) is 5.01 Å². The first-order chi connectivity index (χ1) is 15.9. The summed E-state index contributed by atoms with van der Waals surface area (Å²) in [5.74, 6) is 0. The predicted octanol–water partition coefficient (Wildman–Crippen LogP) is 7.89. The van der Waals surface area contributed by atoms with Crippen molar-refractivity contribution >= 4 is 45.1 Å². The lowest BCUT2D eigenvalue weighted by atomic mass is 9.75. The summed E-state index contributed by atoms with van der Waals surface area (Å²) in [6.07, 6.45) is 13.8. The number of rotatable bonds is 4. The van der Waals surface area contributed by atoms with Crippen LogP contribution in [0.15, 0.2) is 93.9 Å². The maximum Gasteiger partial charge on any atom is 0.262 e. The van der Waals surface area contributed by atoms with Crippen LogP contribution in [0.25, 0.3) is 16.3 Å². The van der Waals surface area contributed by atoms with Crippen molar-refractivity contribution in [2.45, 2.75) is 38.5 Å². The Hall–Kier alpha value is -2.56. The Bertz CT molecular complexity index is 1320. The number of aromatic nitrogens is 1. The van der Waals surface area contributed by atoms with Gasteiger partial charge in [0.15, 0.2) is 0 Å². The summed E-state index contributed by atoms with van der Waals surface area (Å²) in [7, 11) is 2.15. The quantitative estimate of drug-likeness (QED) is 0.357.